The van der Waals surface area contributed by atoms with Gasteiger partial charge in [-0.15, -0.1) is 0 Å². The summed E-state index contributed by atoms with van der Waals surface area (Å²) < 4.78 is 18.4. The van der Waals surface area contributed by atoms with E-state index in [0.717, 1.165) is 0 Å². The number of carbonyl (C=O) groups is 2. The highest BCUT2D eigenvalue weighted by molar-refractivity contribution is 6.31. The largest absolute Gasteiger partial charge is 0.378 e. The molecule has 0 bridgehead atoms. The molecule has 3 rings (SSSR count). The number of hydrogen-bond acceptors (Lipinski definition) is 4. The number of benzene rings is 2. The van der Waals surface area contributed by atoms with Crippen LogP contribution in [0.3, 0.4) is 0 Å². The standard InChI is InChI=1S/C19H19ClFN3O3/c20-16-11-15(5-6-17(16)21)22-12-18(25)23-14-3-1-13(2-4-14)19(26)24-7-9-27-10-8-24/h1-6,11,22H,7-10,12H2,(H,23,25). The molecule has 27 heavy (non-hydrogen) atoms. The number of nitrogens with zero attached hydrogens (tertiary/aromatic N) is 1. The summed E-state index contributed by atoms with van der Waals surface area (Å²) >= 11 is 5.70. The maximum absolute atomic E-state index is 13.1. The van der Waals surface area contributed by atoms with Crippen LogP contribution in [0.15, 0.2) is 42.5 Å². The second kappa shape index (κ2) is 8.83. The van der Waals surface area contributed by atoms with Crippen LogP contribution in [0.4, 0.5) is 15.8 Å². The van der Waals surface area contributed by atoms with Crippen LogP contribution in [0.1, 0.15) is 10.4 Å². The van der Waals surface area contributed by atoms with E-state index in [1.165, 1.54) is 18.2 Å². The molecule has 2 N–H and O–H groups in total. The van der Waals surface area contributed by atoms with E-state index in [-0.39, 0.29) is 23.4 Å². The SMILES string of the molecule is O=C(CNc1ccc(F)c(Cl)c1)Nc1ccc(C(=O)N2CCOCC2)cc1. The quantitative estimate of drug-likeness (QED) is 0.822. The van der Waals surface area contributed by atoms with E-state index >= 15 is 0 Å². The molecule has 2 amide bonds. The topological polar surface area (TPSA) is 70.7 Å². The van der Waals surface area contributed by atoms with E-state index in [9.17, 15) is 14.0 Å². The summed E-state index contributed by atoms with van der Waals surface area (Å²) in [6, 6.07) is 10.9. The van der Waals surface area contributed by atoms with Gasteiger partial charge in [0.15, 0.2) is 0 Å². The van der Waals surface area contributed by atoms with Crippen molar-refractivity contribution in [3.8, 4) is 0 Å². The molecule has 6 nitrogen and oxygen atoms in total. The summed E-state index contributed by atoms with van der Waals surface area (Å²) in [5.74, 6) is -0.841. The molecule has 1 fully saturated rings. The molecule has 0 radical (unpaired) electrons. The lowest BCUT2D eigenvalue weighted by atomic mass is 10.1. The number of ether oxygens (including phenoxy) is 1. The van der Waals surface area contributed by atoms with Gasteiger partial charge in [0, 0.05) is 30.0 Å². The van der Waals surface area contributed by atoms with Crippen molar-refractivity contribution in [3.05, 3.63) is 58.9 Å². The van der Waals surface area contributed by atoms with Crippen LogP contribution in [-0.4, -0.2) is 49.6 Å². The van der Waals surface area contributed by atoms with Gasteiger partial charge in [0.25, 0.3) is 5.91 Å². The van der Waals surface area contributed by atoms with Crippen LogP contribution >= 0.6 is 11.6 Å². The van der Waals surface area contributed by atoms with Crippen molar-refractivity contribution >= 4 is 34.8 Å². The van der Waals surface area contributed by atoms with Crippen molar-refractivity contribution in [1.82, 2.24) is 4.90 Å². The molecule has 8 heteroatoms. The van der Waals surface area contributed by atoms with Crippen molar-refractivity contribution < 1.29 is 18.7 Å². The molecule has 0 atom stereocenters. The van der Waals surface area contributed by atoms with Crippen molar-refractivity contribution in [2.45, 2.75) is 0 Å². The van der Waals surface area contributed by atoms with E-state index in [2.05, 4.69) is 10.6 Å². The highest BCUT2D eigenvalue weighted by Gasteiger charge is 2.18. The number of hydrogen-bond donors (Lipinski definition) is 2. The van der Waals surface area contributed by atoms with Gasteiger partial charge in [0.1, 0.15) is 5.82 Å². The third-order valence-corrected chi connectivity index (χ3v) is 4.38. The van der Waals surface area contributed by atoms with Crippen LogP contribution in [0.5, 0.6) is 0 Å². The number of anilines is 2. The maximum atomic E-state index is 13.1. The lowest BCUT2D eigenvalue weighted by Gasteiger charge is -2.26. The zero-order valence-electron chi connectivity index (χ0n) is 14.5. The van der Waals surface area contributed by atoms with Gasteiger partial charge < -0.3 is 20.3 Å². The highest BCUT2D eigenvalue weighted by Crippen LogP contribution is 2.19. The average Bonchev–Trinajstić information content (AvgIpc) is 2.69. The lowest BCUT2D eigenvalue weighted by molar-refractivity contribution is -0.114. The zero-order chi connectivity index (χ0) is 19.2. The Morgan fingerprint density at radius 1 is 1.07 bits per heavy atom. The van der Waals surface area contributed by atoms with Gasteiger partial charge in [0.2, 0.25) is 5.91 Å². The summed E-state index contributed by atoms with van der Waals surface area (Å²) in [5, 5.41) is 5.59. The molecule has 0 aliphatic carbocycles. The van der Waals surface area contributed by atoms with Crippen LogP contribution in [0.2, 0.25) is 5.02 Å². The fraction of sp³-hybridized carbons (Fsp3) is 0.263. The Kier molecular flexibility index (Phi) is 6.26. The maximum Gasteiger partial charge on any atom is 0.254 e. The third kappa shape index (κ3) is 5.18. The number of nitrogens with one attached hydrogen (secondary N) is 2. The number of amides is 2. The number of halogens is 2. The number of carbonyl (C=O) groups excluding carboxylic acids is 2. The predicted molar refractivity (Wildman–Crippen MR) is 102 cm³/mol. The van der Waals surface area contributed by atoms with Gasteiger partial charge in [-0.3, -0.25) is 9.59 Å². The van der Waals surface area contributed by atoms with Crippen molar-refractivity contribution in [2.24, 2.45) is 0 Å². The Morgan fingerprint density at radius 2 is 1.74 bits per heavy atom. The first-order valence-corrected chi connectivity index (χ1v) is 8.86. The Morgan fingerprint density at radius 3 is 2.41 bits per heavy atom. The van der Waals surface area contributed by atoms with Crippen molar-refractivity contribution in [2.75, 3.05) is 43.5 Å². The van der Waals surface area contributed by atoms with Crippen LogP contribution in [0, 0.1) is 5.82 Å². The van der Waals surface area contributed by atoms with E-state index < -0.39 is 5.82 Å². The monoisotopic (exact) mass is 391 g/mol. The minimum Gasteiger partial charge on any atom is -0.378 e. The van der Waals surface area contributed by atoms with Crippen molar-refractivity contribution in [1.29, 1.82) is 0 Å². The fourth-order valence-electron chi connectivity index (χ4n) is 2.64. The molecule has 1 aliphatic rings. The van der Waals surface area contributed by atoms with E-state index in [4.69, 9.17) is 16.3 Å². The van der Waals surface area contributed by atoms with Crippen LogP contribution < -0.4 is 10.6 Å². The molecule has 1 heterocycles. The molecule has 0 spiro atoms. The molecule has 0 unspecified atom stereocenters. The first-order chi connectivity index (χ1) is 13.0. The molecule has 1 saturated heterocycles. The fourth-order valence-corrected chi connectivity index (χ4v) is 2.82. The normalized spacial score (nSPS) is 13.9. The van der Waals surface area contributed by atoms with Gasteiger partial charge >= 0.3 is 0 Å². The lowest BCUT2D eigenvalue weighted by Crippen LogP contribution is -2.40. The second-order valence-corrected chi connectivity index (χ2v) is 6.42. The van der Waals surface area contributed by atoms with Crippen molar-refractivity contribution in [3.63, 3.8) is 0 Å². The molecule has 0 aromatic heterocycles. The molecule has 2 aromatic carbocycles. The summed E-state index contributed by atoms with van der Waals surface area (Å²) in [5.41, 5.74) is 1.69. The van der Waals surface area contributed by atoms with Gasteiger partial charge in [-0.2, -0.15) is 0 Å². The number of rotatable bonds is 5. The molecule has 1 aliphatic heterocycles. The van der Waals surface area contributed by atoms with E-state index in [1.54, 1.807) is 29.2 Å². The first kappa shape index (κ1) is 19.1. The molecule has 142 valence electrons. The Bertz CT molecular complexity index is 823. The summed E-state index contributed by atoms with van der Waals surface area (Å²) in [4.78, 5) is 26.2. The summed E-state index contributed by atoms with van der Waals surface area (Å²) in [6.07, 6.45) is 0. The second-order valence-electron chi connectivity index (χ2n) is 6.01. The summed E-state index contributed by atoms with van der Waals surface area (Å²) in [7, 11) is 0. The van der Waals surface area contributed by atoms with Gasteiger partial charge in [-0.25, -0.2) is 4.39 Å². The van der Waals surface area contributed by atoms with E-state index in [1.807, 2.05) is 0 Å². The third-order valence-electron chi connectivity index (χ3n) is 4.09. The predicted octanol–water partition coefficient (Wildman–Crippen LogP) is 3.00. The summed E-state index contributed by atoms with van der Waals surface area (Å²) in [6.45, 7) is 2.25. The van der Waals surface area contributed by atoms with Crippen LogP contribution in [-0.2, 0) is 9.53 Å². The van der Waals surface area contributed by atoms with Gasteiger partial charge in [-0.05, 0) is 42.5 Å². The number of morpholine rings is 1. The van der Waals surface area contributed by atoms with Crippen LogP contribution in [0.25, 0.3) is 0 Å². The molecule has 2 aromatic rings. The Labute approximate surface area is 161 Å². The molecular formula is C19H19ClFN3O3. The zero-order valence-corrected chi connectivity index (χ0v) is 15.3. The Balaban J connectivity index is 1.52. The minimum atomic E-state index is -0.515. The van der Waals surface area contributed by atoms with E-state index in [0.29, 0.717) is 43.2 Å². The minimum absolute atomic E-state index is 0.00355. The molecule has 0 saturated carbocycles. The smallest absolute Gasteiger partial charge is 0.254 e. The van der Waals surface area contributed by atoms with Gasteiger partial charge in [0.05, 0.1) is 24.8 Å². The van der Waals surface area contributed by atoms with Gasteiger partial charge in [-0.1, -0.05) is 11.6 Å². The average molecular weight is 392 g/mol. The Hall–Kier alpha value is -2.64. The molecular weight excluding hydrogens is 373 g/mol. The highest BCUT2D eigenvalue weighted by atomic mass is 35.5. The first-order valence-electron chi connectivity index (χ1n) is 8.49.